The zero-order chi connectivity index (χ0) is 15.4. The molecule has 2 aromatic rings. The zero-order valence-electron chi connectivity index (χ0n) is 12.3. The molecule has 0 amide bonds. The van der Waals surface area contributed by atoms with Crippen molar-refractivity contribution in [1.29, 1.82) is 0 Å². The molecule has 0 saturated carbocycles. The monoisotopic (exact) mass is 335 g/mol. The molecule has 1 aliphatic rings. The molecule has 0 spiro atoms. The Morgan fingerprint density at radius 1 is 1.09 bits per heavy atom. The fraction of sp³-hybridized carbons (Fsp3) is 0.353. The normalized spacial score (nSPS) is 16.0. The number of benzene rings is 1. The van der Waals surface area contributed by atoms with Gasteiger partial charge in [-0.15, -0.1) is 0 Å². The summed E-state index contributed by atoms with van der Waals surface area (Å²) >= 11 is 12.1. The Kier molecular flexibility index (Phi) is 5.19. The summed E-state index contributed by atoms with van der Waals surface area (Å²) in [4.78, 5) is 6.76. The van der Waals surface area contributed by atoms with E-state index in [1.807, 2.05) is 30.5 Å². The Hall–Kier alpha value is -1.29. The van der Waals surface area contributed by atoms with Crippen molar-refractivity contribution in [3.63, 3.8) is 0 Å². The smallest absolute Gasteiger partial charge is 0.128 e. The van der Waals surface area contributed by atoms with Crippen LogP contribution in [0.25, 0.3) is 0 Å². The first kappa shape index (κ1) is 15.6. The Morgan fingerprint density at radius 2 is 1.82 bits per heavy atom. The summed E-state index contributed by atoms with van der Waals surface area (Å²) in [5.41, 5.74) is 1.13. The number of piperidine rings is 1. The van der Waals surface area contributed by atoms with Gasteiger partial charge in [0.25, 0.3) is 0 Å². The van der Waals surface area contributed by atoms with Crippen molar-refractivity contribution in [2.24, 2.45) is 0 Å². The quantitative estimate of drug-likeness (QED) is 0.909. The molecule has 0 atom stereocenters. The van der Waals surface area contributed by atoms with Crippen molar-refractivity contribution in [1.82, 2.24) is 10.3 Å². The van der Waals surface area contributed by atoms with Gasteiger partial charge in [-0.2, -0.15) is 0 Å². The maximum absolute atomic E-state index is 6.03. The van der Waals surface area contributed by atoms with Gasteiger partial charge < -0.3 is 10.2 Å². The van der Waals surface area contributed by atoms with Gasteiger partial charge in [-0.05, 0) is 48.7 Å². The van der Waals surface area contributed by atoms with Crippen LogP contribution in [0.15, 0.2) is 42.6 Å². The summed E-state index contributed by atoms with van der Waals surface area (Å²) in [6, 6.07) is 12.3. The fourth-order valence-electron chi connectivity index (χ4n) is 2.83. The second kappa shape index (κ2) is 7.32. The van der Waals surface area contributed by atoms with Crippen LogP contribution in [0.2, 0.25) is 10.0 Å². The average Bonchev–Trinajstić information content (AvgIpc) is 2.53. The standard InChI is InChI=1S/C17H19Cl2N3/c18-14-9-13(10-15(19)11-14)12-21-16-4-7-22(8-5-16)17-3-1-2-6-20-17/h1-3,6,9-11,16,21H,4-5,7-8,12H2. The summed E-state index contributed by atoms with van der Waals surface area (Å²) in [6.07, 6.45) is 4.08. The number of halogens is 2. The highest BCUT2D eigenvalue weighted by molar-refractivity contribution is 6.34. The molecule has 3 rings (SSSR count). The lowest BCUT2D eigenvalue weighted by Gasteiger charge is -2.33. The van der Waals surface area contributed by atoms with Crippen LogP contribution in [0.3, 0.4) is 0 Å². The lowest BCUT2D eigenvalue weighted by molar-refractivity contribution is 0.413. The topological polar surface area (TPSA) is 28.2 Å². The summed E-state index contributed by atoms with van der Waals surface area (Å²) < 4.78 is 0. The van der Waals surface area contributed by atoms with E-state index in [0.29, 0.717) is 16.1 Å². The average molecular weight is 336 g/mol. The van der Waals surface area contributed by atoms with Crippen LogP contribution in [0.5, 0.6) is 0 Å². The Morgan fingerprint density at radius 3 is 2.45 bits per heavy atom. The summed E-state index contributed by atoms with van der Waals surface area (Å²) in [7, 11) is 0. The van der Waals surface area contributed by atoms with Crippen molar-refractivity contribution < 1.29 is 0 Å². The second-order valence-electron chi connectivity index (χ2n) is 5.61. The van der Waals surface area contributed by atoms with Crippen molar-refractivity contribution in [2.75, 3.05) is 18.0 Å². The van der Waals surface area contributed by atoms with Gasteiger partial charge >= 0.3 is 0 Å². The van der Waals surface area contributed by atoms with E-state index >= 15 is 0 Å². The van der Waals surface area contributed by atoms with Gasteiger partial charge in [-0.3, -0.25) is 0 Å². The molecule has 0 radical (unpaired) electrons. The molecule has 1 aromatic carbocycles. The minimum absolute atomic E-state index is 0.526. The predicted molar refractivity (Wildman–Crippen MR) is 92.8 cm³/mol. The van der Waals surface area contributed by atoms with Crippen LogP contribution in [-0.2, 0) is 6.54 Å². The number of rotatable bonds is 4. The first-order valence-electron chi connectivity index (χ1n) is 7.55. The van der Waals surface area contributed by atoms with Crippen molar-refractivity contribution in [3.8, 4) is 0 Å². The molecule has 116 valence electrons. The largest absolute Gasteiger partial charge is 0.357 e. The van der Waals surface area contributed by atoms with Crippen LogP contribution >= 0.6 is 23.2 Å². The van der Waals surface area contributed by atoms with E-state index < -0.39 is 0 Å². The summed E-state index contributed by atoms with van der Waals surface area (Å²) in [5, 5.41) is 4.98. The van der Waals surface area contributed by atoms with Gasteiger partial charge in [0.2, 0.25) is 0 Å². The third kappa shape index (κ3) is 4.13. The highest BCUT2D eigenvalue weighted by atomic mass is 35.5. The lowest BCUT2D eigenvalue weighted by Crippen LogP contribution is -2.42. The van der Waals surface area contributed by atoms with Gasteiger partial charge in [0.05, 0.1) is 0 Å². The van der Waals surface area contributed by atoms with E-state index in [1.54, 1.807) is 6.07 Å². The van der Waals surface area contributed by atoms with E-state index in [1.165, 1.54) is 0 Å². The molecule has 0 unspecified atom stereocenters. The third-order valence-electron chi connectivity index (χ3n) is 3.99. The van der Waals surface area contributed by atoms with Crippen LogP contribution in [-0.4, -0.2) is 24.1 Å². The SMILES string of the molecule is Clc1cc(Cl)cc(CNC2CCN(c3ccccn3)CC2)c1. The minimum atomic E-state index is 0.526. The first-order chi connectivity index (χ1) is 10.7. The summed E-state index contributed by atoms with van der Waals surface area (Å²) in [6.45, 7) is 2.87. The Bertz CT molecular complexity index is 590. The number of pyridine rings is 1. The van der Waals surface area contributed by atoms with Crippen molar-refractivity contribution in [2.45, 2.75) is 25.4 Å². The van der Waals surface area contributed by atoms with Gasteiger partial charge in [0.1, 0.15) is 5.82 Å². The van der Waals surface area contributed by atoms with Crippen LogP contribution in [0, 0.1) is 0 Å². The highest BCUT2D eigenvalue weighted by Crippen LogP contribution is 2.20. The number of hydrogen-bond acceptors (Lipinski definition) is 3. The summed E-state index contributed by atoms with van der Waals surface area (Å²) in [5.74, 6) is 1.07. The maximum atomic E-state index is 6.03. The van der Waals surface area contributed by atoms with E-state index in [0.717, 1.165) is 43.9 Å². The highest BCUT2D eigenvalue weighted by Gasteiger charge is 2.19. The molecule has 1 N–H and O–H groups in total. The molecule has 0 bridgehead atoms. The molecular formula is C17H19Cl2N3. The minimum Gasteiger partial charge on any atom is -0.357 e. The molecular weight excluding hydrogens is 317 g/mol. The maximum Gasteiger partial charge on any atom is 0.128 e. The second-order valence-corrected chi connectivity index (χ2v) is 6.48. The van der Waals surface area contributed by atoms with E-state index in [4.69, 9.17) is 23.2 Å². The molecule has 5 heteroatoms. The van der Waals surface area contributed by atoms with Gasteiger partial charge in [-0.25, -0.2) is 4.98 Å². The molecule has 1 aliphatic heterocycles. The molecule has 0 aliphatic carbocycles. The van der Waals surface area contributed by atoms with E-state index in [9.17, 15) is 0 Å². The van der Waals surface area contributed by atoms with Gasteiger partial charge in [-0.1, -0.05) is 29.3 Å². The van der Waals surface area contributed by atoms with Crippen LogP contribution in [0.4, 0.5) is 5.82 Å². The predicted octanol–water partition coefficient (Wildman–Crippen LogP) is 4.15. The van der Waals surface area contributed by atoms with Gasteiger partial charge in [0, 0.05) is 41.9 Å². The molecule has 3 nitrogen and oxygen atoms in total. The van der Waals surface area contributed by atoms with E-state index in [2.05, 4.69) is 21.3 Å². The molecule has 1 saturated heterocycles. The number of aromatic nitrogens is 1. The molecule has 1 fully saturated rings. The zero-order valence-corrected chi connectivity index (χ0v) is 13.8. The third-order valence-corrected chi connectivity index (χ3v) is 4.42. The number of nitrogens with zero attached hydrogens (tertiary/aromatic N) is 2. The number of nitrogens with one attached hydrogen (secondary N) is 1. The molecule has 1 aromatic heterocycles. The Labute approximate surface area is 141 Å². The number of hydrogen-bond donors (Lipinski definition) is 1. The molecule has 22 heavy (non-hydrogen) atoms. The lowest BCUT2D eigenvalue weighted by atomic mass is 10.0. The Balaban J connectivity index is 1.50. The van der Waals surface area contributed by atoms with E-state index in [-0.39, 0.29) is 0 Å². The number of anilines is 1. The van der Waals surface area contributed by atoms with Crippen LogP contribution in [0.1, 0.15) is 18.4 Å². The van der Waals surface area contributed by atoms with Crippen molar-refractivity contribution >= 4 is 29.0 Å². The molecule has 2 heterocycles. The van der Waals surface area contributed by atoms with Crippen LogP contribution < -0.4 is 10.2 Å². The first-order valence-corrected chi connectivity index (χ1v) is 8.30. The fourth-order valence-corrected chi connectivity index (χ4v) is 3.40. The van der Waals surface area contributed by atoms with Gasteiger partial charge in [0.15, 0.2) is 0 Å². The van der Waals surface area contributed by atoms with Crippen molar-refractivity contribution in [3.05, 3.63) is 58.2 Å².